The lowest BCUT2D eigenvalue weighted by molar-refractivity contribution is -0.137. The number of ketones is 1. The quantitative estimate of drug-likeness (QED) is 0.496. The first-order chi connectivity index (χ1) is 17.8. The SMILES string of the molecule is CCCC(N)C(=O)N1CC(=O)C2C1CCN2C(=O)CC(C)CCNC(=O)c1ccc(N2CCCC2)cc1. The van der Waals surface area contributed by atoms with Gasteiger partial charge in [-0.3, -0.25) is 19.2 Å². The van der Waals surface area contributed by atoms with Gasteiger partial charge in [0.15, 0.2) is 5.78 Å². The summed E-state index contributed by atoms with van der Waals surface area (Å²) < 4.78 is 0. The van der Waals surface area contributed by atoms with Crippen LogP contribution in [0.5, 0.6) is 0 Å². The number of Topliss-reactive ketones (excluding diaryl/α,β-unsaturated/α-hetero) is 1. The summed E-state index contributed by atoms with van der Waals surface area (Å²) in [6.45, 7) is 7.08. The summed E-state index contributed by atoms with van der Waals surface area (Å²) in [5.41, 5.74) is 7.81. The van der Waals surface area contributed by atoms with Crippen LogP contribution in [0.15, 0.2) is 24.3 Å². The van der Waals surface area contributed by atoms with Crippen LogP contribution < -0.4 is 16.0 Å². The zero-order valence-electron chi connectivity index (χ0n) is 22.2. The Labute approximate surface area is 219 Å². The highest BCUT2D eigenvalue weighted by atomic mass is 16.2. The van der Waals surface area contributed by atoms with E-state index in [2.05, 4.69) is 10.2 Å². The normalized spacial score (nSPS) is 22.8. The Hall–Kier alpha value is -2.94. The lowest BCUT2D eigenvalue weighted by Gasteiger charge is -2.26. The predicted octanol–water partition coefficient (Wildman–Crippen LogP) is 1.94. The fraction of sp³-hybridized carbons (Fsp3) is 0.643. The minimum Gasteiger partial charge on any atom is -0.372 e. The summed E-state index contributed by atoms with van der Waals surface area (Å²) in [6, 6.07) is 6.31. The molecule has 3 aliphatic heterocycles. The molecule has 0 aliphatic carbocycles. The standard InChI is InChI=1S/C28H41N5O4/c1-3-6-22(29)28(37)33-18-24(34)26-23(33)12-16-32(26)25(35)17-19(2)11-13-30-27(36)20-7-9-21(10-8-20)31-14-4-5-15-31/h7-10,19,22-23,26H,3-6,11-18,29H2,1-2H3,(H,30,36). The number of nitrogens with one attached hydrogen (secondary N) is 1. The van der Waals surface area contributed by atoms with Gasteiger partial charge in [0.1, 0.15) is 6.04 Å². The molecule has 9 nitrogen and oxygen atoms in total. The molecule has 4 unspecified atom stereocenters. The van der Waals surface area contributed by atoms with Crippen molar-refractivity contribution in [3.8, 4) is 0 Å². The van der Waals surface area contributed by atoms with E-state index in [4.69, 9.17) is 5.73 Å². The number of nitrogens with two attached hydrogens (primary N) is 1. The van der Waals surface area contributed by atoms with Gasteiger partial charge in [-0.15, -0.1) is 0 Å². The summed E-state index contributed by atoms with van der Waals surface area (Å²) in [4.78, 5) is 56.7. The van der Waals surface area contributed by atoms with E-state index in [1.54, 1.807) is 9.80 Å². The van der Waals surface area contributed by atoms with Crippen molar-refractivity contribution in [1.29, 1.82) is 0 Å². The molecule has 4 rings (SSSR count). The van der Waals surface area contributed by atoms with Crippen molar-refractivity contribution in [3.63, 3.8) is 0 Å². The molecule has 9 heteroatoms. The van der Waals surface area contributed by atoms with E-state index in [-0.39, 0.29) is 42.0 Å². The lowest BCUT2D eigenvalue weighted by atomic mass is 10.0. The molecule has 0 saturated carbocycles. The van der Waals surface area contributed by atoms with Gasteiger partial charge in [-0.1, -0.05) is 20.3 Å². The van der Waals surface area contributed by atoms with Gasteiger partial charge in [-0.25, -0.2) is 0 Å². The molecule has 3 heterocycles. The summed E-state index contributed by atoms with van der Waals surface area (Å²) in [6.07, 6.45) is 5.39. The van der Waals surface area contributed by atoms with Crippen LogP contribution in [0.4, 0.5) is 5.69 Å². The largest absolute Gasteiger partial charge is 0.372 e. The number of rotatable bonds is 10. The van der Waals surface area contributed by atoms with Crippen LogP contribution in [0.3, 0.4) is 0 Å². The zero-order chi connectivity index (χ0) is 26.5. The Bertz CT molecular complexity index is 991. The van der Waals surface area contributed by atoms with Crippen LogP contribution in [0, 0.1) is 5.92 Å². The van der Waals surface area contributed by atoms with E-state index in [0.29, 0.717) is 44.3 Å². The number of anilines is 1. The van der Waals surface area contributed by atoms with Gasteiger partial charge < -0.3 is 25.8 Å². The Morgan fingerprint density at radius 2 is 1.76 bits per heavy atom. The summed E-state index contributed by atoms with van der Waals surface area (Å²) in [7, 11) is 0. The van der Waals surface area contributed by atoms with E-state index >= 15 is 0 Å². The van der Waals surface area contributed by atoms with Gasteiger partial charge in [0.25, 0.3) is 5.91 Å². The third-order valence-electron chi connectivity index (χ3n) is 7.99. The van der Waals surface area contributed by atoms with Crippen molar-refractivity contribution in [3.05, 3.63) is 29.8 Å². The summed E-state index contributed by atoms with van der Waals surface area (Å²) in [5, 5.41) is 2.96. The van der Waals surface area contributed by atoms with Gasteiger partial charge in [0.2, 0.25) is 11.8 Å². The van der Waals surface area contributed by atoms with Crippen LogP contribution >= 0.6 is 0 Å². The first kappa shape index (κ1) is 27.1. The van der Waals surface area contributed by atoms with E-state index in [0.717, 1.165) is 25.2 Å². The summed E-state index contributed by atoms with van der Waals surface area (Å²) in [5.74, 6) is -0.396. The Kier molecular flexibility index (Phi) is 8.84. The maximum absolute atomic E-state index is 13.1. The zero-order valence-corrected chi connectivity index (χ0v) is 22.2. The monoisotopic (exact) mass is 511 g/mol. The molecular formula is C28H41N5O4. The molecule has 3 N–H and O–H groups in total. The van der Waals surface area contributed by atoms with E-state index in [1.165, 1.54) is 12.8 Å². The van der Waals surface area contributed by atoms with Crippen LogP contribution in [-0.2, 0) is 14.4 Å². The fourth-order valence-electron chi connectivity index (χ4n) is 5.89. The highest BCUT2D eigenvalue weighted by Crippen LogP contribution is 2.31. The summed E-state index contributed by atoms with van der Waals surface area (Å²) >= 11 is 0. The second-order valence-electron chi connectivity index (χ2n) is 10.8. The highest BCUT2D eigenvalue weighted by molar-refractivity contribution is 5.98. The predicted molar refractivity (Wildman–Crippen MR) is 142 cm³/mol. The van der Waals surface area contributed by atoms with Crippen molar-refractivity contribution < 1.29 is 19.2 Å². The number of amides is 3. The molecule has 0 aromatic heterocycles. The average molecular weight is 512 g/mol. The van der Waals surface area contributed by atoms with Crippen molar-refractivity contribution in [2.75, 3.05) is 37.6 Å². The highest BCUT2D eigenvalue weighted by Gasteiger charge is 2.51. The van der Waals surface area contributed by atoms with Gasteiger partial charge in [-0.05, 0) is 62.3 Å². The molecule has 1 aromatic carbocycles. The van der Waals surface area contributed by atoms with Gasteiger partial charge in [-0.2, -0.15) is 0 Å². The Balaban J connectivity index is 1.22. The number of fused-ring (bicyclic) bond motifs is 1. The molecule has 3 amide bonds. The minimum atomic E-state index is -0.598. The molecule has 0 bridgehead atoms. The van der Waals surface area contributed by atoms with Crippen molar-refractivity contribution in [1.82, 2.24) is 15.1 Å². The van der Waals surface area contributed by atoms with E-state index in [9.17, 15) is 19.2 Å². The molecule has 37 heavy (non-hydrogen) atoms. The molecule has 0 spiro atoms. The Morgan fingerprint density at radius 1 is 1.05 bits per heavy atom. The third-order valence-corrected chi connectivity index (χ3v) is 7.99. The van der Waals surface area contributed by atoms with E-state index < -0.39 is 12.1 Å². The average Bonchev–Trinajstić information content (AvgIpc) is 3.63. The Morgan fingerprint density at radius 3 is 2.43 bits per heavy atom. The van der Waals surface area contributed by atoms with E-state index in [1.807, 2.05) is 38.1 Å². The lowest BCUT2D eigenvalue weighted by Crippen LogP contribution is -2.48. The smallest absolute Gasteiger partial charge is 0.251 e. The molecule has 1 aromatic rings. The molecule has 4 atom stereocenters. The molecule has 3 saturated heterocycles. The van der Waals surface area contributed by atoms with Gasteiger partial charge >= 0.3 is 0 Å². The molecule has 202 valence electrons. The van der Waals surface area contributed by atoms with Crippen LogP contribution in [0.1, 0.15) is 69.2 Å². The van der Waals surface area contributed by atoms with Crippen LogP contribution in [-0.4, -0.2) is 84.2 Å². The number of likely N-dealkylation sites (tertiary alicyclic amines) is 2. The number of hydrogen-bond donors (Lipinski definition) is 2. The molecule has 3 aliphatic rings. The number of carbonyl (C=O) groups is 4. The fourth-order valence-corrected chi connectivity index (χ4v) is 5.89. The van der Waals surface area contributed by atoms with Crippen molar-refractivity contribution in [2.24, 2.45) is 11.7 Å². The third kappa shape index (κ3) is 6.14. The first-order valence-corrected chi connectivity index (χ1v) is 13.8. The van der Waals surface area contributed by atoms with Crippen LogP contribution in [0.25, 0.3) is 0 Å². The second-order valence-corrected chi connectivity index (χ2v) is 10.8. The first-order valence-electron chi connectivity index (χ1n) is 13.8. The number of benzene rings is 1. The van der Waals surface area contributed by atoms with Crippen molar-refractivity contribution in [2.45, 2.75) is 76.9 Å². The number of nitrogens with zero attached hydrogens (tertiary/aromatic N) is 3. The molecular weight excluding hydrogens is 470 g/mol. The van der Waals surface area contributed by atoms with Crippen molar-refractivity contribution >= 4 is 29.2 Å². The van der Waals surface area contributed by atoms with Gasteiger partial charge in [0.05, 0.1) is 18.6 Å². The minimum absolute atomic E-state index is 0.0377. The molecule has 0 radical (unpaired) electrons. The number of carbonyl (C=O) groups excluding carboxylic acids is 4. The molecule has 3 fully saturated rings. The van der Waals surface area contributed by atoms with Crippen LogP contribution in [0.2, 0.25) is 0 Å². The topological polar surface area (TPSA) is 116 Å². The maximum Gasteiger partial charge on any atom is 0.251 e. The van der Waals surface area contributed by atoms with Gasteiger partial charge in [0, 0.05) is 43.9 Å². The second kappa shape index (κ2) is 12.1. The maximum atomic E-state index is 13.1. The number of hydrogen-bond acceptors (Lipinski definition) is 6.